The molecule has 29 heavy (non-hydrogen) atoms. The number of thiophene rings is 1. The third-order valence-electron chi connectivity index (χ3n) is 4.36. The highest BCUT2D eigenvalue weighted by atomic mass is 35.5. The largest absolute Gasteiger partial charge is 0.461 e. The van der Waals surface area contributed by atoms with E-state index in [0.29, 0.717) is 27.5 Å². The highest BCUT2D eigenvalue weighted by Gasteiger charge is 2.33. The van der Waals surface area contributed by atoms with E-state index in [0.717, 1.165) is 16.9 Å². The Bertz CT molecular complexity index is 1100. The maximum atomic E-state index is 11.8. The number of aromatic nitrogens is 2. The van der Waals surface area contributed by atoms with Gasteiger partial charge in [0.1, 0.15) is 22.4 Å². The molecule has 1 fully saturated rings. The van der Waals surface area contributed by atoms with Gasteiger partial charge in [-0.25, -0.2) is 0 Å². The van der Waals surface area contributed by atoms with Crippen LogP contribution in [0.15, 0.2) is 24.3 Å². The second-order valence-electron chi connectivity index (χ2n) is 7.02. The molecule has 0 bridgehead atoms. The molecule has 152 valence electrons. The number of nitrogens with two attached hydrogens (primary N) is 2. The maximum absolute atomic E-state index is 11.8. The Balaban J connectivity index is 1.75. The van der Waals surface area contributed by atoms with E-state index < -0.39 is 11.7 Å². The second-order valence-corrected chi connectivity index (χ2v) is 8.45. The van der Waals surface area contributed by atoms with Gasteiger partial charge in [0.25, 0.3) is 5.91 Å². The molecule has 4 N–H and O–H groups in total. The minimum Gasteiger partial charge on any atom is -0.461 e. The summed E-state index contributed by atoms with van der Waals surface area (Å²) in [5, 5.41) is 1.08. The van der Waals surface area contributed by atoms with E-state index in [1.165, 1.54) is 0 Å². The number of anilines is 1. The standard InChI is InChI=1S/C19H19ClN4O4S/c1-19(2)27-8-11(28-19)7-26-18-23-14(9-4-3-5-10(20)6-9)12-13(21)15(16(22)25)29-17(12)24-18/h3-6,11H,7-8,21H2,1-2H3,(H2,22,25). The number of primary amides is 1. The number of benzene rings is 1. The molecular weight excluding hydrogens is 416 g/mol. The second kappa shape index (κ2) is 7.42. The van der Waals surface area contributed by atoms with Crippen molar-refractivity contribution in [3.05, 3.63) is 34.2 Å². The molecule has 0 aliphatic carbocycles. The van der Waals surface area contributed by atoms with E-state index in [1.807, 2.05) is 19.9 Å². The van der Waals surface area contributed by atoms with Gasteiger partial charge in [-0.1, -0.05) is 23.7 Å². The van der Waals surface area contributed by atoms with Gasteiger partial charge in [0.2, 0.25) is 0 Å². The Labute approximate surface area is 175 Å². The van der Waals surface area contributed by atoms with Crippen molar-refractivity contribution < 1.29 is 19.0 Å². The van der Waals surface area contributed by atoms with Gasteiger partial charge in [-0.15, -0.1) is 11.3 Å². The number of carbonyl (C=O) groups is 1. The van der Waals surface area contributed by atoms with Crippen molar-refractivity contribution in [1.82, 2.24) is 9.97 Å². The lowest BCUT2D eigenvalue weighted by Gasteiger charge is -2.17. The topological polar surface area (TPSA) is 123 Å². The van der Waals surface area contributed by atoms with Crippen LogP contribution < -0.4 is 16.2 Å². The van der Waals surface area contributed by atoms with Gasteiger partial charge in [-0.2, -0.15) is 9.97 Å². The molecule has 4 rings (SSSR count). The van der Waals surface area contributed by atoms with Crippen molar-refractivity contribution in [3.63, 3.8) is 0 Å². The predicted molar refractivity (Wildman–Crippen MR) is 111 cm³/mol. The maximum Gasteiger partial charge on any atom is 0.318 e. The Kier molecular flexibility index (Phi) is 5.07. The number of ether oxygens (including phenoxy) is 3. The number of hydrogen-bond donors (Lipinski definition) is 2. The average Bonchev–Trinajstić information content (AvgIpc) is 3.18. The van der Waals surface area contributed by atoms with Crippen LogP contribution in [0.3, 0.4) is 0 Å². The van der Waals surface area contributed by atoms with Crippen LogP contribution in [0.2, 0.25) is 5.02 Å². The quantitative estimate of drug-likeness (QED) is 0.631. The Morgan fingerprint density at radius 1 is 1.41 bits per heavy atom. The number of halogens is 1. The van der Waals surface area contributed by atoms with Crippen molar-refractivity contribution in [3.8, 4) is 17.3 Å². The first kappa shape index (κ1) is 19.8. The molecule has 1 aromatic carbocycles. The Morgan fingerprint density at radius 2 is 2.21 bits per heavy atom. The molecule has 1 saturated heterocycles. The summed E-state index contributed by atoms with van der Waals surface area (Å²) in [6.45, 7) is 4.31. The smallest absolute Gasteiger partial charge is 0.318 e. The van der Waals surface area contributed by atoms with Gasteiger partial charge in [0.05, 0.1) is 23.4 Å². The van der Waals surface area contributed by atoms with Crippen LogP contribution in [0, 0.1) is 0 Å². The minimum absolute atomic E-state index is 0.137. The van der Waals surface area contributed by atoms with Crippen molar-refractivity contribution in [2.45, 2.75) is 25.7 Å². The number of hydrogen-bond acceptors (Lipinski definition) is 8. The molecule has 1 unspecified atom stereocenters. The average molecular weight is 435 g/mol. The summed E-state index contributed by atoms with van der Waals surface area (Å²) in [6.07, 6.45) is -0.242. The monoisotopic (exact) mass is 434 g/mol. The molecule has 10 heteroatoms. The number of fused-ring (bicyclic) bond motifs is 1. The van der Waals surface area contributed by atoms with E-state index in [2.05, 4.69) is 9.97 Å². The number of nitrogens with zero attached hydrogens (tertiary/aromatic N) is 2. The van der Waals surface area contributed by atoms with E-state index in [-0.39, 0.29) is 29.3 Å². The van der Waals surface area contributed by atoms with Gasteiger partial charge in [0, 0.05) is 10.6 Å². The van der Waals surface area contributed by atoms with Crippen molar-refractivity contribution in [2.24, 2.45) is 5.73 Å². The van der Waals surface area contributed by atoms with E-state index in [4.69, 9.17) is 37.3 Å². The fourth-order valence-electron chi connectivity index (χ4n) is 3.11. The van der Waals surface area contributed by atoms with Crippen molar-refractivity contribution in [2.75, 3.05) is 18.9 Å². The summed E-state index contributed by atoms with van der Waals surface area (Å²) in [4.78, 5) is 21.4. The fraction of sp³-hybridized carbons (Fsp3) is 0.316. The van der Waals surface area contributed by atoms with Crippen LogP contribution in [0.5, 0.6) is 6.01 Å². The lowest BCUT2D eigenvalue weighted by atomic mass is 10.1. The summed E-state index contributed by atoms with van der Waals surface area (Å²) < 4.78 is 17.1. The predicted octanol–water partition coefficient (Wildman–Crippen LogP) is 3.22. The van der Waals surface area contributed by atoms with Gasteiger partial charge in [-0.05, 0) is 26.0 Å². The molecule has 0 spiro atoms. The van der Waals surface area contributed by atoms with Crippen LogP contribution in [0.25, 0.3) is 21.5 Å². The lowest BCUT2D eigenvalue weighted by Crippen LogP contribution is -2.25. The van der Waals surface area contributed by atoms with Crippen LogP contribution in [0.1, 0.15) is 23.5 Å². The lowest BCUT2D eigenvalue weighted by molar-refractivity contribution is -0.141. The molecule has 0 radical (unpaired) electrons. The summed E-state index contributed by atoms with van der Waals surface area (Å²) in [5.74, 6) is -1.27. The van der Waals surface area contributed by atoms with Gasteiger partial charge in [0.15, 0.2) is 5.79 Å². The molecule has 8 nitrogen and oxygen atoms in total. The van der Waals surface area contributed by atoms with E-state index in [9.17, 15) is 4.79 Å². The fourth-order valence-corrected chi connectivity index (χ4v) is 4.24. The molecule has 3 aromatic rings. The molecule has 1 amide bonds. The summed E-state index contributed by atoms with van der Waals surface area (Å²) >= 11 is 7.24. The summed E-state index contributed by atoms with van der Waals surface area (Å²) in [6, 6.07) is 7.29. The zero-order valence-electron chi connectivity index (χ0n) is 15.8. The molecule has 0 saturated carbocycles. The number of carbonyl (C=O) groups excluding carboxylic acids is 1. The van der Waals surface area contributed by atoms with Crippen molar-refractivity contribution in [1.29, 1.82) is 0 Å². The summed E-state index contributed by atoms with van der Waals surface area (Å²) in [7, 11) is 0. The number of amides is 1. The molecule has 1 atom stereocenters. The minimum atomic E-state index is -0.649. The zero-order chi connectivity index (χ0) is 20.8. The van der Waals surface area contributed by atoms with Crippen LogP contribution in [-0.4, -0.2) is 41.0 Å². The highest BCUT2D eigenvalue weighted by Crippen LogP contribution is 2.39. The highest BCUT2D eigenvalue weighted by molar-refractivity contribution is 7.21. The first-order valence-corrected chi connectivity index (χ1v) is 10.0. The van der Waals surface area contributed by atoms with Gasteiger partial charge in [-0.3, -0.25) is 4.79 Å². The normalized spacial score (nSPS) is 18.2. The third kappa shape index (κ3) is 3.99. The summed E-state index contributed by atoms with van der Waals surface area (Å²) in [5.41, 5.74) is 13.1. The molecular formula is C19H19ClN4O4S. The van der Waals surface area contributed by atoms with Crippen LogP contribution in [-0.2, 0) is 9.47 Å². The third-order valence-corrected chi connectivity index (χ3v) is 5.70. The van der Waals surface area contributed by atoms with E-state index >= 15 is 0 Å². The van der Waals surface area contributed by atoms with Crippen LogP contribution in [0.4, 0.5) is 5.69 Å². The number of nitrogen functional groups attached to an aromatic ring is 1. The SMILES string of the molecule is CC1(C)OCC(COc2nc(-c3cccc(Cl)c3)c3c(N)c(C(N)=O)sc3n2)O1. The molecule has 3 heterocycles. The Hall–Kier alpha value is -2.46. The Morgan fingerprint density at radius 3 is 2.86 bits per heavy atom. The van der Waals surface area contributed by atoms with Crippen molar-refractivity contribution >= 4 is 44.7 Å². The van der Waals surface area contributed by atoms with E-state index in [1.54, 1.807) is 18.2 Å². The van der Waals surface area contributed by atoms with Crippen LogP contribution >= 0.6 is 22.9 Å². The number of rotatable bonds is 5. The first-order valence-electron chi connectivity index (χ1n) is 8.84. The molecule has 2 aromatic heterocycles. The van der Waals surface area contributed by atoms with Gasteiger partial charge >= 0.3 is 6.01 Å². The molecule has 1 aliphatic rings. The first-order chi connectivity index (χ1) is 13.7. The molecule has 1 aliphatic heterocycles. The zero-order valence-corrected chi connectivity index (χ0v) is 17.3. The van der Waals surface area contributed by atoms with Gasteiger partial charge < -0.3 is 25.7 Å².